The first-order valence-electron chi connectivity index (χ1n) is 7.28. The Kier molecular flexibility index (Phi) is 5.80. The average molecular weight is 351 g/mol. The molecule has 2 amide bonds. The summed E-state index contributed by atoms with van der Waals surface area (Å²) in [5.41, 5.74) is 1.58. The van der Waals surface area contributed by atoms with Crippen LogP contribution in [0.2, 0.25) is 4.34 Å². The van der Waals surface area contributed by atoms with E-state index in [0.29, 0.717) is 21.3 Å². The first-order valence-corrected chi connectivity index (χ1v) is 8.47. The number of nitrogens with zero attached hydrogens (tertiary/aromatic N) is 1. The summed E-state index contributed by atoms with van der Waals surface area (Å²) in [5.74, 6) is -0.162. The molecule has 0 spiro atoms. The topological polar surface area (TPSA) is 49.4 Å². The van der Waals surface area contributed by atoms with Crippen molar-refractivity contribution >= 4 is 34.8 Å². The average Bonchev–Trinajstić information content (AvgIpc) is 2.98. The van der Waals surface area contributed by atoms with Crippen LogP contribution in [0.4, 0.5) is 0 Å². The minimum absolute atomic E-state index is 0.0104. The van der Waals surface area contributed by atoms with Crippen LogP contribution >= 0.6 is 22.9 Å². The molecule has 1 aromatic heterocycles. The van der Waals surface area contributed by atoms with Gasteiger partial charge in [-0.2, -0.15) is 0 Å². The molecule has 0 aliphatic heterocycles. The lowest BCUT2D eigenvalue weighted by Crippen LogP contribution is -2.32. The highest BCUT2D eigenvalue weighted by molar-refractivity contribution is 7.17. The van der Waals surface area contributed by atoms with Crippen molar-refractivity contribution in [3.63, 3.8) is 0 Å². The van der Waals surface area contributed by atoms with Crippen LogP contribution in [-0.4, -0.2) is 29.8 Å². The van der Waals surface area contributed by atoms with Gasteiger partial charge in [-0.05, 0) is 43.7 Å². The van der Waals surface area contributed by atoms with E-state index in [1.165, 1.54) is 11.3 Å². The van der Waals surface area contributed by atoms with Gasteiger partial charge in [-0.25, -0.2) is 0 Å². The van der Waals surface area contributed by atoms with Crippen molar-refractivity contribution in [1.82, 2.24) is 10.2 Å². The fraction of sp³-hybridized carbons (Fsp3) is 0.294. The molecule has 1 N–H and O–H groups in total. The Labute approximate surface area is 145 Å². The van der Waals surface area contributed by atoms with Gasteiger partial charge in [0.2, 0.25) is 0 Å². The van der Waals surface area contributed by atoms with Crippen LogP contribution in [0.3, 0.4) is 0 Å². The quantitative estimate of drug-likeness (QED) is 0.891. The van der Waals surface area contributed by atoms with E-state index in [9.17, 15) is 9.59 Å². The van der Waals surface area contributed by atoms with E-state index >= 15 is 0 Å². The van der Waals surface area contributed by atoms with E-state index in [0.717, 1.165) is 5.56 Å². The Hall–Kier alpha value is -1.85. The molecule has 23 heavy (non-hydrogen) atoms. The molecular weight excluding hydrogens is 332 g/mol. The van der Waals surface area contributed by atoms with E-state index in [1.807, 2.05) is 26.0 Å². The minimum atomic E-state index is -0.151. The van der Waals surface area contributed by atoms with Gasteiger partial charge in [-0.15, -0.1) is 11.3 Å². The van der Waals surface area contributed by atoms with Gasteiger partial charge in [0, 0.05) is 25.2 Å². The molecule has 6 heteroatoms. The summed E-state index contributed by atoms with van der Waals surface area (Å²) in [7, 11) is 1.79. The molecule has 0 saturated heterocycles. The second-order valence-electron chi connectivity index (χ2n) is 5.49. The van der Waals surface area contributed by atoms with Crippen molar-refractivity contribution in [1.29, 1.82) is 0 Å². The van der Waals surface area contributed by atoms with Gasteiger partial charge in [-0.1, -0.05) is 23.7 Å². The van der Waals surface area contributed by atoms with Gasteiger partial charge in [0.15, 0.2) is 0 Å². The highest BCUT2D eigenvalue weighted by atomic mass is 35.5. The fourth-order valence-electron chi connectivity index (χ4n) is 1.91. The number of nitrogens with one attached hydrogen (secondary N) is 1. The molecule has 2 rings (SSSR count). The van der Waals surface area contributed by atoms with Crippen LogP contribution in [0.1, 0.15) is 39.4 Å². The van der Waals surface area contributed by atoms with Crippen molar-refractivity contribution in [2.24, 2.45) is 0 Å². The number of thiophene rings is 1. The van der Waals surface area contributed by atoms with E-state index in [1.54, 1.807) is 36.2 Å². The molecule has 4 nitrogen and oxygen atoms in total. The van der Waals surface area contributed by atoms with Crippen molar-refractivity contribution < 1.29 is 9.59 Å². The number of rotatable bonds is 5. The van der Waals surface area contributed by atoms with E-state index in [-0.39, 0.29) is 17.9 Å². The Morgan fingerprint density at radius 2 is 1.83 bits per heavy atom. The number of benzene rings is 1. The van der Waals surface area contributed by atoms with Gasteiger partial charge < -0.3 is 10.2 Å². The third kappa shape index (κ3) is 4.56. The van der Waals surface area contributed by atoms with Gasteiger partial charge in [0.1, 0.15) is 0 Å². The Balaban J connectivity index is 1.95. The number of carbonyl (C=O) groups excluding carboxylic acids is 2. The summed E-state index contributed by atoms with van der Waals surface area (Å²) in [6.07, 6.45) is 0. The van der Waals surface area contributed by atoms with Crippen LogP contribution in [0.15, 0.2) is 36.4 Å². The van der Waals surface area contributed by atoms with Gasteiger partial charge in [0.25, 0.3) is 11.8 Å². The second-order valence-corrected chi connectivity index (χ2v) is 7.21. The maximum absolute atomic E-state index is 12.2. The lowest BCUT2D eigenvalue weighted by Gasteiger charge is -2.21. The number of carbonyl (C=O) groups is 2. The zero-order chi connectivity index (χ0) is 17.0. The number of hydrogen-bond donors (Lipinski definition) is 1. The Morgan fingerprint density at radius 1 is 1.17 bits per heavy atom. The minimum Gasteiger partial charge on any atom is -0.347 e. The predicted octanol–water partition coefficient (Wildman–Crippen LogP) is 3.81. The number of hydrogen-bond acceptors (Lipinski definition) is 3. The normalized spacial score (nSPS) is 10.7. The van der Waals surface area contributed by atoms with E-state index < -0.39 is 0 Å². The highest BCUT2D eigenvalue weighted by Crippen LogP contribution is 2.21. The van der Waals surface area contributed by atoms with E-state index in [4.69, 9.17) is 11.6 Å². The Bertz CT molecular complexity index is 695. The molecule has 0 fully saturated rings. The molecule has 0 unspecified atom stereocenters. The zero-order valence-electron chi connectivity index (χ0n) is 13.3. The summed E-state index contributed by atoms with van der Waals surface area (Å²) in [6, 6.07) is 10.8. The van der Waals surface area contributed by atoms with Gasteiger partial charge >= 0.3 is 0 Å². The summed E-state index contributed by atoms with van der Waals surface area (Å²) < 4.78 is 0.590. The number of halogens is 1. The van der Waals surface area contributed by atoms with E-state index in [2.05, 4.69) is 5.32 Å². The molecule has 2 aromatic rings. The van der Waals surface area contributed by atoms with Gasteiger partial charge in [0.05, 0.1) is 9.21 Å². The molecule has 122 valence electrons. The van der Waals surface area contributed by atoms with Crippen molar-refractivity contribution in [3.05, 3.63) is 56.7 Å². The van der Waals surface area contributed by atoms with Crippen LogP contribution < -0.4 is 5.32 Å². The van der Waals surface area contributed by atoms with Crippen molar-refractivity contribution in [2.45, 2.75) is 26.4 Å². The monoisotopic (exact) mass is 350 g/mol. The van der Waals surface area contributed by atoms with Crippen LogP contribution in [-0.2, 0) is 6.54 Å². The molecule has 0 atom stereocenters. The fourth-order valence-corrected chi connectivity index (χ4v) is 2.87. The standard InChI is InChI=1S/C17H19ClN2O2S/c1-11(2)20(3)17(22)13-6-4-12(5-7-13)10-19-16(21)14-8-9-15(18)23-14/h4-9,11H,10H2,1-3H3,(H,19,21). The molecule has 1 aromatic carbocycles. The first-order chi connectivity index (χ1) is 10.9. The maximum Gasteiger partial charge on any atom is 0.261 e. The molecular formula is C17H19ClN2O2S. The predicted molar refractivity (Wildman–Crippen MR) is 94.2 cm³/mol. The third-order valence-electron chi connectivity index (χ3n) is 3.55. The SMILES string of the molecule is CC(C)N(C)C(=O)c1ccc(CNC(=O)c2ccc(Cl)s2)cc1. The smallest absolute Gasteiger partial charge is 0.261 e. The summed E-state index contributed by atoms with van der Waals surface area (Å²) in [4.78, 5) is 26.4. The lowest BCUT2D eigenvalue weighted by molar-refractivity contribution is 0.0754. The molecule has 0 saturated carbocycles. The first kappa shape index (κ1) is 17.5. The number of amides is 2. The third-order valence-corrected chi connectivity index (χ3v) is 4.78. The molecule has 1 heterocycles. The highest BCUT2D eigenvalue weighted by Gasteiger charge is 2.14. The second kappa shape index (κ2) is 7.62. The summed E-state index contributed by atoms with van der Waals surface area (Å²) in [5, 5.41) is 2.84. The molecule has 0 radical (unpaired) electrons. The molecule has 0 aliphatic rings. The maximum atomic E-state index is 12.2. The molecule has 0 aliphatic carbocycles. The lowest BCUT2D eigenvalue weighted by atomic mass is 10.1. The largest absolute Gasteiger partial charge is 0.347 e. The summed E-state index contributed by atoms with van der Waals surface area (Å²) >= 11 is 7.07. The van der Waals surface area contributed by atoms with Crippen molar-refractivity contribution in [3.8, 4) is 0 Å². The van der Waals surface area contributed by atoms with Crippen molar-refractivity contribution in [2.75, 3.05) is 7.05 Å². The Morgan fingerprint density at radius 3 is 2.35 bits per heavy atom. The van der Waals surface area contributed by atoms with Gasteiger partial charge in [-0.3, -0.25) is 9.59 Å². The summed E-state index contributed by atoms with van der Waals surface area (Å²) in [6.45, 7) is 4.35. The zero-order valence-corrected chi connectivity index (χ0v) is 14.9. The van der Waals surface area contributed by atoms with Crippen LogP contribution in [0.5, 0.6) is 0 Å². The van der Waals surface area contributed by atoms with Crippen LogP contribution in [0.25, 0.3) is 0 Å². The van der Waals surface area contributed by atoms with Crippen LogP contribution in [0, 0.1) is 0 Å². The molecule has 0 bridgehead atoms.